The van der Waals surface area contributed by atoms with Crippen LogP contribution >= 0.6 is 0 Å². The lowest BCUT2D eigenvalue weighted by atomic mass is 9.91. The van der Waals surface area contributed by atoms with E-state index in [9.17, 15) is 17.7 Å². The minimum absolute atomic E-state index is 0.255. The summed E-state index contributed by atoms with van der Waals surface area (Å²) in [6.45, 7) is -4.79. The first kappa shape index (κ1) is 10.3. The number of rotatable bonds is 5. The molecule has 0 amide bonds. The van der Waals surface area contributed by atoms with Crippen LogP contribution in [0.25, 0.3) is 0 Å². The van der Waals surface area contributed by atoms with Crippen LogP contribution in [0.3, 0.4) is 0 Å². The highest BCUT2D eigenvalue weighted by Gasteiger charge is 2.16. The number of carbonyl (C=O) groups is 1. The fraction of sp³-hybridized carbons (Fsp3) is 0.500. The highest BCUT2D eigenvalue weighted by atomic mass is 19.4. The second-order valence-corrected chi connectivity index (χ2v) is 2.15. The summed E-state index contributed by atoms with van der Waals surface area (Å²) in [6.07, 6.45) is 2.90. The standard InChI is InChI=1S/C6H9BF3O/c8-7(9,10)5-3-1-2-4-6-11/h3,5-6H,1-2,4H2/q-1/b5-3+. The SMILES string of the molecule is O=CCCC/C=C/[B-](F)(F)F. The quantitative estimate of drug-likeness (QED) is 0.347. The minimum atomic E-state index is -4.79. The Kier molecular flexibility index (Phi) is 4.65. The van der Waals surface area contributed by atoms with Crippen molar-refractivity contribution in [2.75, 3.05) is 0 Å². The third-order valence-electron chi connectivity index (χ3n) is 1.05. The van der Waals surface area contributed by atoms with Gasteiger partial charge < -0.3 is 17.7 Å². The first-order chi connectivity index (χ1) is 5.06. The Labute approximate surface area is 63.3 Å². The third-order valence-corrected chi connectivity index (χ3v) is 1.05. The van der Waals surface area contributed by atoms with Gasteiger partial charge in [0.25, 0.3) is 0 Å². The van der Waals surface area contributed by atoms with Gasteiger partial charge in [-0.15, -0.1) is 12.1 Å². The van der Waals surface area contributed by atoms with Gasteiger partial charge in [0.15, 0.2) is 0 Å². The molecule has 5 heteroatoms. The number of hydrogen-bond donors (Lipinski definition) is 0. The lowest BCUT2D eigenvalue weighted by Gasteiger charge is -2.05. The van der Waals surface area contributed by atoms with E-state index in [0.717, 1.165) is 6.08 Å². The summed E-state index contributed by atoms with van der Waals surface area (Å²) >= 11 is 0. The second kappa shape index (κ2) is 4.99. The van der Waals surface area contributed by atoms with Gasteiger partial charge >= 0.3 is 6.98 Å². The molecule has 0 unspecified atom stereocenters. The van der Waals surface area contributed by atoms with Crippen molar-refractivity contribution in [1.82, 2.24) is 0 Å². The van der Waals surface area contributed by atoms with Crippen LogP contribution in [-0.4, -0.2) is 13.3 Å². The summed E-state index contributed by atoms with van der Waals surface area (Å²) in [4.78, 5) is 9.72. The maximum atomic E-state index is 11.5. The molecular weight excluding hydrogens is 156 g/mol. The molecule has 0 aromatic rings. The van der Waals surface area contributed by atoms with E-state index in [1.54, 1.807) is 0 Å². The Balaban J connectivity index is 3.37. The molecule has 0 aliphatic rings. The Bertz CT molecular complexity index is 141. The molecule has 0 saturated heterocycles. The maximum Gasteiger partial charge on any atom is 0.502 e. The van der Waals surface area contributed by atoms with Crippen molar-refractivity contribution in [1.29, 1.82) is 0 Å². The highest BCUT2D eigenvalue weighted by molar-refractivity contribution is 6.64. The lowest BCUT2D eigenvalue weighted by Crippen LogP contribution is -2.09. The van der Waals surface area contributed by atoms with Gasteiger partial charge in [0, 0.05) is 6.42 Å². The summed E-state index contributed by atoms with van der Waals surface area (Å²) in [7, 11) is 0. The fourth-order valence-corrected chi connectivity index (χ4v) is 0.570. The normalized spacial score (nSPS) is 12.3. The molecule has 0 fully saturated rings. The second-order valence-electron chi connectivity index (χ2n) is 2.15. The molecule has 0 aromatic carbocycles. The van der Waals surface area contributed by atoms with Crippen LogP contribution in [0.2, 0.25) is 0 Å². The van der Waals surface area contributed by atoms with Gasteiger partial charge in [0.05, 0.1) is 0 Å². The van der Waals surface area contributed by atoms with E-state index >= 15 is 0 Å². The third kappa shape index (κ3) is 9.26. The van der Waals surface area contributed by atoms with Crippen LogP contribution in [0, 0.1) is 0 Å². The molecule has 64 valence electrons. The van der Waals surface area contributed by atoms with Crippen LogP contribution in [-0.2, 0) is 4.79 Å². The molecule has 0 rings (SSSR count). The molecule has 0 saturated carbocycles. The molecule has 0 aliphatic carbocycles. The largest absolute Gasteiger partial charge is 0.502 e. The van der Waals surface area contributed by atoms with Gasteiger partial charge in [-0.1, -0.05) is 0 Å². The highest BCUT2D eigenvalue weighted by Crippen LogP contribution is 2.10. The molecule has 0 heterocycles. The van der Waals surface area contributed by atoms with E-state index < -0.39 is 6.98 Å². The monoisotopic (exact) mass is 165 g/mol. The van der Waals surface area contributed by atoms with Crippen molar-refractivity contribution >= 4 is 13.3 Å². The van der Waals surface area contributed by atoms with E-state index in [1.165, 1.54) is 0 Å². The average molecular weight is 165 g/mol. The molecule has 0 aliphatic heterocycles. The number of halogens is 3. The Morgan fingerprint density at radius 2 is 1.82 bits per heavy atom. The summed E-state index contributed by atoms with van der Waals surface area (Å²) in [6, 6.07) is 0. The smallest absolute Gasteiger partial charge is 0.445 e. The molecule has 0 aromatic heterocycles. The molecule has 0 spiro atoms. The van der Waals surface area contributed by atoms with Gasteiger partial charge in [-0.2, -0.15) is 0 Å². The van der Waals surface area contributed by atoms with E-state index in [4.69, 9.17) is 0 Å². The number of hydrogen-bond acceptors (Lipinski definition) is 1. The van der Waals surface area contributed by atoms with Gasteiger partial charge in [-0.05, 0) is 12.8 Å². The van der Waals surface area contributed by atoms with Gasteiger partial charge in [-0.25, -0.2) is 0 Å². The van der Waals surface area contributed by atoms with Crippen molar-refractivity contribution < 1.29 is 17.7 Å². The van der Waals surface area contributed by atoms with Crippen LogP contribution in [0.5, 0.6) is 0 Å². The van der Waals surface area contributed by atoms with Gasteiger partial charge in [0.1, 0.15) is 6.29 Å². The Morgan fingerprint density at radius 1 is 1.18 bits per heavy atom. The van der Waals surface area contributed by atoms with E-state index in [-0.39, 0.29) is 5.98 Å². The van der Waals surface area contributed by atoms with E-state index in [0.29, 0.717) is 25.5 Å². The topological polar surface area (TPSA) is 17.1 Å². The zero-order chi connectivity index (χ0) is 8.74. The molecule has 0 atom stereocenters. The first-order valence-corrected chi connectivity index (χ1v) is 3.37. The molecule has 0 bridgehead atoms. The Morgan fingerprint density at radius 3 is 2.27 bits per heavy atom. The number of carbonyl (C=O) groups excluding carboxylic acids is 1. The number of aldehydes is 1. The van der Waals surface area contributed by atoms with E-state index in [2.05, 4.69) is 0 Å². The summed E-state index contributed by atoms with van der Waals surface area (Å²) in [5.74, 6) is 0.255. The van der Waals surface area contributed by atoms with Crippen molar-refractivity contribution in [3.63, 3.8) is 0 Å². The molecule has 0 N–H and O–H groups in total. The summed E-state index contributed by atoms with van der Waals surface area (Å²) in [5.41, 5.74) is 0. The predicted octanol–water partition coefficient (Wildman–Crippen LogP) is 2.30. The average Bonchev–Trinajstić information content (AvgIpc) is 1.85. The summed E-state index contributed by atoms with van der Waals surface area (Å²) in [5, 5.41) is 0. The van der Waals surface area contributed by atoms with Crippen LogP contribution in [0.4, 0.5) is 12.9 Å². The fourth-order valence-electron chi connectivity index (χ4n) is 0.570. The molecular formula is C6H9BF3O-. The van der Waals surface area contributed by atoms with Crippen LogP contribution in [0.15, 0.2) is 12.1 Å². The molecule has 1 nitrogen and oxygen atoms in total. The minimum Gasteiger partial charge on any atom is -0.445 e. The number of allylic oxidation sites excluding steroid dienone is 1. The zero-order valence-corrected chi connectivity index (χ0v) is 5.97. The van der Waals surface area contributed by atoms with Gasteiger partial charge in [-0.3, -0.25) is 0 Å². The Hall–Kier alpha value is -0.735. The van der Waals surface area contributed by atoms with Crippen LogP contribution < -0.4 is 0 Å². The van der Waals surface area contributed by atoms with Gasteiger partial charge in [0.2, 0.25) is 0 Å². The zero-order valence-electron chi connectivity index (χ0n) is 5.97. The van der Waals surface area contributed by atoms with Crippen molar-refractivity contribution in [2.24, 2.45) is 0 Å². The molecule has 0 radical (unpaired) electrons. The molecule has 11 heavy (non-hydrogen) atoms. The lowest BCUT2D eigenvalue weighted by molar-refractivity contribution is -0.107. The number of unbranched alkanes of at least 4 members (excludes halogenated alkanes) is 2. The summed E-state index contributed by atoms with van der Waals surface area (Å²) < 4.78 is 34.4. The first-order valence-electron chi connectivity index (χ1n) is 3.37. The van der Waals surface area contributed by atoms with Crippen LogP contribution in [0.1, 0.15) is 19.3 Å². The van der Waals surface area contributed by atoms with Crippen molar-refractivity contribution in [3.05, 3.63) is 12.1 Å². The van der Waals surface area contributed by atoms with Crippen molar-refractivity contribution in [2.45, 2.75) is 19.3 Å². The van der Waals surface area contributed by atoms with E-state index in [1.807, 2.05) is 0 Å². The predicted molar refractivity (Wildman–Crippen MR) is 38.1 cm³/mol. The van der Waals surface area contributed by atoms with Crippen molar-refractivity contribution in [3.8, 4) is 0 Å². The maximum absolute atomic E-state index is 11.5.